The summed E-state index contributed by atoms with van der Waals surface area (Å²) < 4.78 is 28.6. The number of hydrogen-bond acceptors (Lipinski definition) is 6. The molecule has 0 aliphatic rings. The van der Waals surface area contributed by atoms with Crippen LogP contribution in [0.4, 0.5) is 5.13 Å². The Morgan fingerprint density at radius 3 is 2.71 bits per heavy atom. The van der Waals surface area contributed by atoms with Crippen LogP contribution in [0.25, 0.3) is 10.2 Å². The maximum absolute atomic E-state index is 12.2. The van der Waals surface area contributed by atoms with Crippen LogP contribution in [0.3, 0.4) is 0 Å². The largest absolute Gasteiger partial charge is 0.273 e. The normalized spacial score (nSPS) is 11.9. The average molecular weight is 377 g/mol. The standard InChI is InChI=1S/C12H9ClN2O2S4/c1-18-7-3-2-4-8-11(7)14-12(19-8)15-21(16,17)10-6-5-9(13)20-10/h2-6H,1H3,(H,14,15). The van der Waals surface area contributed by atoms with Crippen molar-refractivity contribution in [1.29, 1.82) is 0 Å². The smallest absolute Gasteiger partial charge is 0.254 e. The number of sulfonamides is 1. The average Bonchev–Trinajstić information content (AvgIpc) is 3.03. The van der Waals surface area contributed by atoms with Crippen molar-refractivity contribution in [2.45, 2.75) is 9.10 Å². The Balaban J connectivity index is 1.98. The Labute approximate surface area is 139 Å². The monoisotopic (exact) mass is 376 g/mol. The summed E-state index contributed by atoms with van der Waals surface area (Å²) >= 11 is 9.69. The van der Waals surface area contributed by atoms with Gasteiger partial charge in [0.15, 0.2) is 5.13 Å². The number of thiophene rings is 1. The van der Waals surface area contributed by atoms with E-state index in [1.807, 2.05) is 24.5 Å². The summed E-state index contributed by atoms with van der Waals surface area (Å²) in [4.78, 5) is 5.40. The maximum atomic E-state index is 12.2. The summed E-state index contributed by atoms with van der Waals surface area (Å²) in [6, 6.07) is 8.86. The van der Waals surface area contributed by atoms with Crippen molar-refractivity contribution in [2.24, 2.45) is 0 Å². The number of rotatable bonds is 4. The number of hydrogen-bond donors (Lipinski definition) is 1. The van der Waals surface area contributed by atoms with Gasteiger partial charge in [-0.2, -0.15) is 0 Å². The van der Waals surface area contributed by atoms with E-state index in [-0.39, 0.29) is 4.21 Å². The first kappa shape index (κ1) is 15.1. The first-order valence-electron chi connectivity index (χ1n) is 5.71. The number of anilines is 1. The first-order valence-corrected chi connectivity index (χ1v) is 10.4. The zero-order valence-electron chi connectivity index (χ0n) is 10.7. The zero-order valence-corrected chi connectivity index (χ0v) is 14.7. The molecule has 21 heavy (non-hydrogen) atoms. The lowest BCUT2D eigenvalue weighted by Crippen LogP contribution is -2.10. The molecule has 0 saturated carbocycles. The Morgan fingerprint density at radius 2 is 2.05 bits per heavy atom. The van der Waals surface area contributed by atoms with Crippen molar-refractivity contribution in [3.05, 3.63) is 34.7 Å². The lowest BCUT2D eigenvalue weighted by Gasteiger charge is -2.01. The third-order valence-electron chi connectivity index (χ3n) is 2.64. The lowest BCUT2D eigenvalue weighted by molar-refractivity contribution is 0.603. The van der Waals surface area contributed by atoms with Crippen LogP contribution < -0.4 is 4.72 Å². The van der Waals surface area contributed by atoms with Crippen LogP contribution in [0.15, 0.2) is 39.4 Å². The fourth-order valence-corrected chi connectivity index (χ4v) is 5.98. The number of nitrogens with zero attached hydrogens (tertiary/aromatic N) is 1. The lowest BCUT2D eigenvalue weighted by atomic mass is 10.3. The van der Waals surface area contributed by atoms with Crippen LogP contribution >= 0.6 is 46.0 Å². The predicted octanol–water partition coefficient (Wildman–Crippen LogP) is 4.53. The molecule has 1 N–H and O–H groups in total. The Bertz CT molecular complexity index is 901. The highest BCUT2D eigenvalue weighted by molar-refractivity contribution is 7.98. The third kappa shape index (κ3) is 3.04. The molecular weight excluding hydrogens is 368 g/mol. The van der Waals surface area contributed by atoms with E-state index in [4.69, 9.17) is 11.6 Å². The van der Waals surface area contributed by atoms with Gasteiger partial charge < -0.3 is 0 Å². The fraction of sp³-hybridized carbons (Fsp3) is 0.0833. The molecule has 0 saturated heterocycles. The summed E-state index contributed by atoms with van der Waals surface area (Å²) in [6.07, 6.45) is 1.96. The Morgan fingerprint density at radius 1 is 1.24 bits per heavy atom. The van der Waals surface area contributed by atoms with Gasteiger partial charge in [-0.25, -0.2) is 13.4 Å². The van der Waals surface area contributed by atoms with E-state index in [1.54, 1.807) is 17.8 Å². The summed E-state index contributed by atoms with van der Waals surface area (Å²) in [5.41, 5.74) is 0.817. The van der Waals surface area contributed by atoms with Crippen LogP contribution in [0.5, 0.6) is 0 Å². The van der Waals surface area contributed by atoms with E-state index in [0.717, 1.165) is 26.4 Å². The molecule has 3 aromatic rings. The molecule has 0 aliphatic heterocycles. The second-order valence-corrected chi connectivity index (χ2v) is 9.49. The highest BCUT2D eigenvalue weighted by Gasteiger charge is 2.19. The van der Waals surface area contributed by atoms with Crippen molar-refractivity contribution in [3.63, 3.8) is 0 Å². The molecule has 0 amide bonds. The van der Waals surface area contributed by atoms with Crippen molar-refractivity contribution in [1.82, 2.24) is 4.98 Å². The van der Waals surface area contributed by atoms with Gasteiger partial charge in [0.05, 0.1) is 14.6 Å². The molecule has 4 nitrogen and oxygen atoms in total. The predicted molar refractivity (Wildman–Crippen MR) is 91.5 cm³/mol. The van der Waals surface area contributed by atoms with Gasteiger partial charge in [-0.3, -0.25) is 4.72 Å². The van der Waals surface area contributed by atoms with Gasteiger partial charge in [0.25, 0.3) is 10.0 Å². The maximum Gasteiger partial charge on any atom is 0.273 e. The molecule has 9 heteroatoms. The second-order valence-electron chi connectivity index (χ2n) is 3.99. The summed E-state index contributed by atoms with van der Waals surface area (Å²) in [6.45, 7) is 0. The number of thioether (sulfide) groups is 1. The molecule has 0 radical (unpaired) electrons. The van der Waals surface area contributed by atoms with E-state index in [1.165, 1.54) is 17.4 Å². The summed E-state index contributed by atoms with van der Waals surface area (Å²) in [5, 5.41) is 0.357. The number of aromatic nitrogens is 1. The number of nitrogens with one attached hydrogen (secondary N) is 1. The highest BCUT2D eigenvalue weighted by Crippen LogP contribution is 2.34. The van der Waals surface area contributed by atoms with Crippen LogP contribution in [-0.4, -0.2) is 19.7 Å². The van der Waals surface area contributed by atoms with Crippen molar-refractivity contribution in [2.75, 3.05) is 11.0 Å². The second kappa shape index (κ2) is 5.77. The van der Waals surface area contributed by atoms with Gasteiger partial charge in [-0.15, -0.1) is 23.1 Å². The molecule has 0 fully saturated rings. The van der Waals surface area contributed by atoms with Gasteiger partial charge in [0.2, 0.25) is 0 Å². The van der Waals surface area contributed by atoms with E-state index < -0.39 is 10.0 Å². The minimum absolute atomic E-state index is 0.178. The molecule has 0 unspecified atom stereocenters. The third-order valence-corrected chi connectivity index (χ3v) is 7.53. The van der Waals surface area contributed by atoms with Gasteiger partial charge in [-0.05, 0) is 30.5 Å². The molecule has 2 heterocycles. The minimum Gasteiger partial charge on any atom is -0.254 e. The summed E-state index contributed by atoms with van der Waals surface area (Å²) in [7, 11) is -3.63. The van der Waals surface area contributed by atoms with Gasteiger partial charge in [-0.1, -0.05) is 29.0 Å². The summed E-state index contributed by atoms with van der Waals surface area (Å²) in [5.74, 6) is 0. The number of halogens is 1. The van der Waals surface area contributed by atoms with Gasteiger partial charge in [0.1, 0.15) is 4.21 Å². The van der Waals surface area contributed by atoms with E-state index in [9.17, 15) is 8.42 Å². The van der Waals surface area contributed by atoms with Crippen LogP contribution in [0.2, 0.25) is 4.34 Å². The molecule has 0 aliphatic carbocycles. The topological polar surface area (TPSA) is 59.1 Å². The minimum atomic E-state index is -3.63. The molecule has 2 aromatic heterocycles. The molecule has 0 atom stereocenters. The molecule has 110 valence electrons. The highest BCUT2D eigenvalue weighted by atomic mass is 35.5. The first-order chi connectivity index (χ1) is 9.99. The van der Waals surface area contributed by atoms with E-state index >= 15 is 0 Å². The zero-order chi connectivity index (χ0) is 15.0. The van der Waals surface area contributed by atoms with Crippen molar-refractivity contribution in [3.8, 4) is 0 Å². The number of benzene rings is 1. The van der Waals surface area contributed by atoms with Gasteiger partial charge in [0, 0.05) is 4.90 Å². The fourth-order valence-electron chi connectivity index (χ4n) is 1.74. The molecule has 0 bridgehead atoms. The molecule has 3 rings (SSSR count). The number of para-hydroxylation sites is 1. The SMILES string of the molecule is CSc1cccc2sc(NS(=O)(=O)c3ccc(Cl)s3)nc12. The molecule has 1 aromatic carbocycles. The van der Waals surface area contributed by atoms with Crippen LogP contribution in [-0.2, 0) is 10.0 Å². The Hall–Kier alpha value is -0.800. The van der Waals surface area contributed by atoms with Crippen molar-refractivity contribution < 1.29 is 8.42 Å². The van der Waals surface area contributed by atoms with E-state index in [0.29, 0.717) is 9.47 Å². The van der Waals surface area contributed by atoms with Crippen LogP contribution in [0, 0.1) is 0 Å². The van der Waals surface area contributed by atoms with Gasteiger partial charge >= 0.3 is 0 Å². The quantitative estimate of drug-likeness (QED) is 0.679. The number of thiazole rings is 1. The molecule has 0 spiro atoms. The van der Waals surface area contributed by atoms with Crippen molar-refractivity contribution >= 4 is 71.4 Å². The van der Waals surface area contributed by atoms with Crippen LogP contribution in [0.1, 0.15) is 0 Å². The molecular formula is C12H9ClN2O2S4. The number of fused-ring (bicyclic) bond motifs is 1. The Kier molecular flexibility index (Phi) is 4.15. The van der Waals surface area contributed by atoms with E-state index in [2.05, 4.69) is 9.71 Å².